The molecule has 0 bridgehead atoms. The summed E-state index contributed by atoms with van der Waals surface area (Å²) in [4.78, 5) is 31.8. The van der Waals surface area contributed by atoms with Gasteiger partial charge in [-0.2, -0.15) is 27.9 Å². The Hall–Kier alpha value is -5.91. The number of fused-ring (bicyclic) bond motifs is 1. The van der Waals surface area contributed by atoms with Gasteiger partial charge in [0.2, 0.25) is 5.95 Å². The summed E-state index contributed by atoms with van der Waals surface area (Å²) in [5.41, 5.74) is 3.71. The van der Waals surface area contributed by atoms with Crippen molar-refractivity contribution in [1.82, 2.24) is 49.3 Å². The van der Waals surface area contributed by atoms with Crippen molar-refractivity contribution in [3.63, 3.8) is 0 Å². The van der Waals surface area contributed by atoms with Gasteiger partial charge in [-0.1, -0.05) is 60.7 Å². The maximum absolute atomic E-state index is 13.4. The van der Waals surface area contributed by atoms with E-state index in [-0.39, 0.29) is 30.2 Å². The zero-order chi connectivity index (χ0) is 38.0. The molecule has 2 aromatic carbocycles. The number of aliphatic hydroxyl groups is 1. The third-order valence-corrected chi connectivity index (χ3v) is 9.46. The van der Waals surface area contributed by atoms with Crippen LogP contribution < -0.4 is 10.6 Å². The highest BCUT2D eigenvalue weighted by molar-refractivity contribution is 5.84. The number of aryl methyl sites for hydroxylation is 1. The minimum atomic E-state index is -5.28. The van der Waals surface area contributed by atoms with Crippen molar-refractivity contribution in [2.45, 2.75) is 76.0 Å². The largest absolute Gasteiger partial charge is 0.490 e. The zero-order valence-corrected chi connectivity index (χ0v) is 29.7. The van der Waals surface area contributed by atoms with Crippen molar-refractivity contribution < 1.29 is 27.8 Å². The summed E-state index contributed by atoms with van der Waals surface area (Å²) in [7, 11) is 0. The summed E-state index contributed by atoms with van der Waals surface area (Å²) in [6.45, 7) is 6.56. The lowest BCUT2D eigenvalue weighted by Crippen LogP contribution is -2.39. The van der Waals surface area contributed by atoms with Crippen molar-refractivity contribution in [1.29, 1.82) is 0 Å². The lowest BCUT2D eigenvalue weighted by Gasteiger charge is -2.23. The molecule has 15 nitrogen and oxygen atoms in total. The molecule has 3 N–H and O–H groups in total. The van der Waals surface area contributed by atoms with Gasteiger partial charge in [0.25, 0.3) is 0 Å². The van der Waals surface area contributed by atoms with Crippen molar-refractivity contribution in [3.8, 4) is 0 Å². The van der Waals surface area contributed by atoms with E-state index >= 15 is 0 Å². The number of aromatic nitrogens is 10. The Morgan fingerprint density at radius 1 is 0.981 bits per heavy atom. The van der Waals surface area contributed by atoms with Gasteiger partial charge in [-0.3, -0.25) is 0 Å². The fraction of sp³-hybridized carbons (Fsp3) is 0.389. The first-order chi connectivity index (χ1) is 26.0. The highest BCUT2D eigenvalue weighted by Gasteiger charge is 2.52. The van der Waals surface area contributed by atoms with Gasteiger partial charge in [-0.05, 0) is 43.5 Å². The van der Waals surface area contributed by atoms with Crippen LogP contribution in [0.5, 0.6) is 0 Å². The fourth-order valence-electron chi connectivity index (χ4n) is 6.70. The van der Waals surface area contributed by atoms with Crippen molar-refractivity contribution in [3.05, 3.63) is 102 Å². The second-order valence-corrected chi connectivity index (χ2v) is 13.4. The maximum atomic E-state index is 13.4. The first-order valence-electron chi connectivity index (χ1n) is 17.5. The highest BCUT2D eigenvalue weighted by atomic mass is 19.4. The Morgan fingerprint density at radius 3 is 2.30 bits per heavy atom. The number of ether oxygens (including phenoxy) is 1. The Labute approximate surface area is 307 Å². The zero-order valence-electron chi connectivity index (χ0n) is 29.7. The molecule has 1 aliphatic rings. The molecule has 1 fully saturated rings. The molecule has 1 aliphatic carbocycles. The molecule has 18 heteroatoms. The molecule has 4 heterocycles. The van der Waals surface area contributed by atoms with Gasteiger partial charge in [-0.25, -0.2) is 14.8 Å². The molecule has 282 valence electrons. The minimum absolute atomic E-state index is 0.0314. The van der Waals surface area contributed by atoms with Crippen LogP contribution in [0.15, 0.2) is 79.5 Å². The van der Waals surface area contributed by atoms with E-state index in [0.717, 1.165) is 21.6 Å². The average Bonchev–Trinajstić information content (AvgIpc) is 3.96. The van der Waals surface area contributed by atoms with Gasteiger partial charge in [-0.15, -0.1) is 10.2 Å². The van der Waals surface area contributed by atoms with Gasteiger partial charge >= 0.3 is 12.1 Å². The van der Waals surface area contributed by atoms with Crippen LogP contribution >= 0.6 is 0 Å². The molecule has 54 heavy (non-hydrogen) atoms. The Balaban J connectivity index is 1.23. The number of hydrogen-bond donors (Lipinski definition) is 3. The number of esters is 1. The van der Waals surface area contributed by atoms with Crippen LogP contribution in [0.1, 0.15) is 67.0 Å². The van der Waals surface area contributed by atoms with E-state index in [9.17, 15) is 23.1 Å². The molecular formula is C36H39F3N12O3. The molecule has 7 rings (SSSR count). The number of carbonyl (C=O) groups is 1. The number of aliphatic hydroxyl groups excluding tert-OH is 1. The van der Waals surface area contributed by atoms with Crippen LogP contribution in [0.4, 0.5) is 24.9 Å². The molecule has 4 atom stereocenters. The second-order valence-electron chi connectivity index (χ2n) is 13.4. The maximum Gasteiger partial charge on any atom is 0.490 e. The number of nitrogens with zero attached hydrogens (tertiary/aromatic N) is 10. The SMILES string of the molecule is Cc1nnn([C@H]2C[C@@H](n3cnc4c(NCC(c5ccccc5)c5ccccc5)nc(NCCc5cn(C(C)C)cn5)nc43)[C@H](O)[C@@H]2OC(=O)C(F)(F)F)n1. The molecule has 0 spiro atoms. The molecule has 1 saturated carbocycles. The summed E-state index contributed by atoms with van der Waals surface area (Å²) in [5.74, 6) is -1.59. The first-order valence-corrected chi connectivity index (χ1v) is 17.5. The van der Waals surface area contributed by atoms with Crippen LogP contribution in [-0.2, 0) is 16.0 Å². The van der Waals surface area contributed by atoms with E-state index in [4.69, 9.17) is 14.7 Å². The predicted octanol–water partition coefficient (Wildman–Crippen LogP) is 4.82. The average molecular weight is 745 g/mol. The number of tetrazole rings is 1. The molecule has 0 saturated heterocycles. The van der Waals surface area contributed by atoms with Crippen molar-refractivity contribution >= 4 is 28.9 Å². The predicted molar refractivity (Wildman–Crippen MR) is 191 cm³/mol. The van der Waals surface area contributed by atoms with Crippen LogP contribution in [0.25, 0.3) is 11.2 Å². The van der Waals surface area contributed by atoms with E-state index in [2.05, 4.69) is 74.1 Å². The molecule has 0 aliphatic heterocycles. The molecule has 0 radical (unpaired) electrons. The van der Waals surface area contributed by atoms with E-state index < -0.39 is 36.4 Å². The Morgan fingerprint density at radius 2 is 1.69 bits per heavy atom. The molecule has 6 aromatic rings. The van der Waals surface area contributed by atoms with Gasteiger partial charge in [0.1, 0.15) is 12.1 Å². The third-order valence-electron chi connectivity index (χ3n) is 9.46. The van der Waals surface area contributed by atoms with E-state index in [1.54, 1.807) is 17.8 Å². The molecule has 4 aromatic heterocycles. The number of hydrogen-bond acceptors (Lipinski definition) is 12. The number of nitrogens with one attached hydrogen (secondary N) is 2. The lowest BCUT2D eigenvalue weighted by molar-refractivity contribution is -0.210. The number of halogens is 3. The highest BCUT2D eigenvalue weighted by Crippen LogP contribution is 2.42. The standard InChI is InChI=1S/C36H39F3N12O3/c1-21(2)49-18-25(42-19-49)14-15-40-35-44-32(41-17-26(23-10-6-4-7-11-23)24-12-8-5-9-13-24)29-33(45-35)50(20-43-29)27-16-28(51-47-22(3)46-48-51)31(30(27)52)54-34(53)36(37,38)39/h4-13,18-21,26-28,30-31,52H,14-17H2,1-3H3,(H2,40,41,44,45)/t27-,28+,30+,31-/m1/s1. The van der Waals surface area contributed by atoms with Crippen molar-refractivity contribution in [2.75, 3.05) is 23.7 Å². The topological polar surface area (TPSA) is 176 Å². The molecule has 0 amide bonds. The van der Waals surface area contributed by atoms with Crippen LogP contribution in [0.3, 0.4) is 0 Å². The summed E-state index contributed by atoms with van der Waals surface area (Å²) >= 11 is 0. The quantitative estimate of drug-likeness (QED) is 0.138. The Kier molecular flexibility index (Phi) is 10.3. The summed E-state index contributed by atoms with van der Waals surface area (Å²) in [6, 6.07) is 18.3. The first kappa shape index (κ1) is 36.4. The number of benzene rings is 2. The fourth-order valence-corrected chi connectivity index (χ4v) is 6.70. The number of alkyl halides is 3. The number of rotatable bonds is 13. The molecular weight excluding hydrogens is 705 g/mol. The second kappa shape index (κ2) is 15.2. The van der Waals surface area contributed by atoms with Gasteiger partial charge < -0.3 is 29.6 Å². The Bertz CT molecular complexity index is 2150. The summed E-state index contributed by atoms with van der Waals surface area (Å²) in [6.07, 6.45) is -2.80. The number of imidazole rings is 2. The summed E-state index contributed by atoms with van der Waals surface area (Å²) in [5, 5.41) is 30.2. The lowest BCUT2D eigenvalue weighted by atomic mass is 9.91. The van der Waals surface area contributed by atoms with Gasteiger partial charge in [0.05, 0.1) is 24.4 Å². The van der Waals surface area contributed by atoms with Crippen LogP contribution in [-0.4, -0.2) is 91.8 Å². The van der Waals surface area contributed by atoms with Crippen molar-refractivity contribution in [2.24, 2.45) is 0 Å². The van der Waals surface area contributed by atoms with Gasteiger partial charge in [0, 0.05) is 37.7 Å². The third kappa shape index (κ3) is 7.73. The van der Waals surface area contributed by atoms with Gasteiger partial charge in [0.15, 0.2) is 28.9 Å². The van der Waals surface area contributed by atoms with E-state index in [1.165, 1.54) is 6.33 Å². The van der Waals surface area contributed by atoms with Crippen LogP contribution in [0.2, 0.25) is 0 Å². The monoisotopic (exact) mass is 744 g/mol. The van der Waals surface area contributed by atoms with E-state index in [1.807, 2.05) is 47.2 Å². The minimum Gasteiger partial charge on any atom is -0.450 e. The number of anilines is 2. The summed E-state index contributed by atoms with van der Waals surface area (Å²) < 4.78 is 48.5. The number of carbonyl (C=O) groups excluding carboxylic acids is 1. The smallest absolute Gasteiger partial charge is 0.450 e. The molecule has 0 unspecified atom stereocenters. The van der Waals surface area contributed by atoms with Crippen LogP contribution in [0, 0.1) is 6.92 Å². The van der Waals surface area contributed by atoms with E-state index in [0.29, 0.717) is 36.5 Å². The normalized spacial score (nSPS) is 18.8.